The third-order valence-electron chi connectivity index (χ3n) is 4.74. The molecule has 8 nitrogen and oxygen atoms in total. The lowest BCUT2D eigenvalue weighted by Crippen LogP contribution is -2.18. The van der Waals surface area contributed by atoms with Gasteiger partial charge in [-0.1, -0.05) is 42.5 Å². The van der Waals surface area contributed by atoms with Gasteiger partial charge in [0.2, 0.25) is 5.43 Å². The summed E-state index contributed by atoms with van der Waals surface area (Å²) < 4.78 is 16.3. The van der Waals surface area contributed by atoms with Gasteiger partial charge in [0, 0.05) is 12.1 Å². The Morgan fingerprint density at radius 1 is 1.03 bits per heavy atom. The molecule has 1 heterocycles. The van der Waals surface area contributed by atoms with Gasteiger partial charge >= 0.3 is 11.7 Å². The van der Waals surface area contributed by atoms with E-state index in [0.717, 1.165) is 5.56 Å². The normalized spacial score (nSPS) is 10.7. The zero-order valence-electron chi connectivity index (χ0n) is 16.9. The molecule has 8 heteroatoms. The van der Waals surface area contributed by atoms with Gasteiger partial charge in [-0.15, -0.1) is 0 Å². The van der Waals surface area contributed by atoms with Crippen LogP contribution in [-0.4, -0.2) is 17.5 Å². The fraction of sp³-hybridized carbons (Fsp3) is 0.0833. The van der Waals surface area contributed by atoms with Crippen LogP contribution in [0.1, 0.15) is 5.76 Å². The van der Waals surface area contributed by atoms with E-state index in [1.165, 1.54) is 36.4 Å². The van der Waals surface area contributed by atoms with Crippen molar-refractivity contribution in [3.8, 4) is 22.6 Å². The van der Waals surface area contributed by atoms with Crippen LogP contribution in [-0.2, 0) is 4.79 Å². The second kappa shape index (κ2) is 8.73. The Kier molecular flexibility index (Phi) is 5.67. The smallest absolute Gasteiger partial charge is 0.349 e. The van der Waals surface area contributed by atoms with Crippen molar-refractivity contribution in [2.45, 2.75) is 6.92 Å². The number of nitro groups is 1. The van der Waals surface area contributed by atoms with Gasteiger partial charge in [0.05, 0.1) is 15.9 Å². The van der Waals surface area contributed by atoms with Crippen LogP contribution in [0.15, 0.2) is 82.0 Å². The molecule has 0 spiro atoms. The van der Waals surface area contributed by atoms with E-state index in [1.807, 2.05) is 30.3 Å². The molecule has 0 atom stereocenters. The van der Waals surface area contributed by atoms with Gasteiger partial charge in [0.15, 0.2) is 12.4 Å². The summed E-state index contributed by atoms with van der Waals surface area (Å²) in [5.41, 5.74) is 1.06. The number of nitrogens with zero attached hydrogens (tertiary/aromatic N) is 1. The first-order chi connectivity index (χ1) is 15.4. The molecule has 0 saturated carbocycles. The predicted octanol–water partition coefficient (Wildman–Crippen LogP) is 4.66. The second-order valence-corrected chi connectivity index (χ2v) is 6.87. The minimum Gasteiger partial charge on any atom is -0.475 e. The van der Waals surface area contributed by atoms with Gasteiger partial charge in [-0.05, 0) is 30.7 Å². The quantitative estimate of drug-likeness (QED) is 0.189. The number of hydrogen-bond donors (Lipinski definition) is 0. The molecule has 3 aromatic carbocycles. The number of benzene rings is 3. The predicted molar refractivity (Wildman–Crippen MR) is 117 cm³/mol. The summed E-state index contributed by atoms with van der Waals surface area (Å²) in [7, 11) is 0. The zero-order valence-corrected chi connectivity index (χ0v) is 16.9. The Morgan fingerprint density at radius 3 is 2.50 bits per heavy atom. The zero-order chi connectivity index (χ0) is 22.7. The summed E-state index contributed by atoms with van der Waals surface area (Å²) in [5, 5.41) is 11.4. The van der Waals surface area contributed by atoms with E-state index in [4.69, 9.17) is 13.9 Å². The number of nitro benzene ring substituents is 1. The molecule has 0 aliphatic rings. The maximum Gasteiger partial charge on any atom is 0.349 e. The topological polar surface area (TPSA) is 109 Å². The number of hydrogen-bond acceptors (Lipinski definition) is 7. The average molecular weight is 431 g/mol. The fourth-order valence-electron chi connectivity index (χ4n) is 3.32. The molecule has 1 aromatic heterocycles. The molecule has 4 rings (SSSR count). The first-order valence-corrected chi connectivity index (χ1v) is 9.64. The monoisotopic (exact) mass is 431 g/mol. The highest BCUT2D eigenvalue weighted by atomic mass is 16.6. The molecule has 0 amide bonds. The molecule has 0 aliphatic heterocycles. The van der Waals surface area contributed by atoms with Crippen LogP contribution in [0.25, 0.3) is 22.1 Å². The third kappa shape index (κ3) is 4.20. The summed E-state index contributed by atoms with van der Waals surface area (Å²) in [6, 6.07) is 19.4. The van der Waals surface area contributed by atoms with E-state index in [1.54, 1.807) is 13.0 Å². The number of aryl methyl sites for hydroxylation is 1. The van der Waals surface area contributed by atoms with Crippen molar-refractivity contribution in [2.75, 3.05) is 6.61 Å². The van der Waals surface area contributed by atoms with Gasteiger partial charge in [-0.25, -0.2) is 4.79 Å². The van der Waals surface area contributed by atoms with Crippen LogP contribution in [0.2, 0.25) is 0 Å². The number of rotatable bonds is 6. The van der Waals surface area contributed by atoms with Gasteiger partial charge in [0.1, 0.15) is 17.1 Å². The molecule has 0 unspecified atom stereocenters. The lowest BCUT2D eigenvalue weighted by Gasteiger charge is -2.09. The Morgan fingerprint density at radius 2 is 1.75 bits per heavy atom. The third-order valence-corrected chi connectivity index (χ3v) is 4.74. The first-order valence-electron chi connectivity index (χ1n) is 9.64. The van der Waals surface area contributed by atoms with Crippen LogP contribution < -0.4 is 14.9 Å². The highest BCUT2D eigenvalue weighted by Gasteiger charge is 2.17. The standard InChI is InChI=1S/C24H17NO7/c1-15-23(16-7-3-2-4-8-16)24(27)18-12-11-17(13-21(18)31-15)32-22(26)14-30-20-10-6-5-9-19(20)25(28)29/h2-13H,14H2,1H3. The molecule has 0 fully saturated rings. The summed E-state index contributed by atoms with van der Waals surface area (Å²) in [4.78, 5) is 35.6. The summed E-state index contributed by atoms with van der Waals surface area (Å²) in [6.07, 6.45) is 0. The van der Waals surface area contributed by atoms with E-state index < -0.39 is 17.5 Å². The Hall–Kier alpha value is -4.46. The number of ether oxygens (including phenoxy) is 2. The van der Waals surface area contributed by atoms with Crippen molar-refractivity contribution < 1.29 is 23.6 Å². The number of esters is 1. The summed E-state index contributed by atoms with van der Waals surface area (Å²) >= 11 is 0. The van der Waals surface area contributed by atoms with Crippen molar-refractivity contribution in [3.05, 3.63) is 98.9 Å². The summed E-state index contributed by atoms with van der Waals surface area (Å²) in [6.45, 7) is 1.17. The van der Waals surface area contributed by atoms with E-state index in [9.17, 15) is 19.7 Å². The van der Waals surface area contributed by atoms with E-state index in [-0.39, 0.29) is 28.2 Å². The molecule has 0 bridgehead atoms. The average Bonchev–Trinajstić information content (AvgIpc) is 2.78. The van der Waals surface area contributed by atoms with Gasteiger partial charge < -0.3 is 13.9 Å². The largest absolute Gasteiger partial charge is 0.475 e. The molecule has 0 N–H and O–H groups in total. The van der Waals surface area contributed by atoms with Gasteiger partial charge in [0.25, 0.3) is 0 Å². The molecule has 0 radical (unpaired) electrons. The Bertz CT molecular complexity index is 1380. The molecule has 32 heavy (non-hydrogen) atoms. The number of fused-ring (bicyclic) bond motifs is 1. The van der Waals surface area contributed by atoms with Crippen molar-refractivity contribution >= 4 is 22.6 Å². The Balaban J connectivity index is 1.54. The highest BCUT2D eigenvalue weighted by Crippen LogP contribution is 2.27. The molecular formula is C24H17NO7. The van der Waals surface area contributed by atoms with Crippen LogP contribution >= 0.6 is 0 Å². The lowest BCUT2D eigenvalue weighted by molar-refractivity contribution is -0.385. The second-order valence-electron chi connectivity index (χ2n) is 6.87. The SMILES string of the molecule is Cc1oc2cc(OC(=O)COc3ccccc3[N+](=O)[O-])ccc2c(=O)c1-c1ccccc1. The van der Waals surface area contributed by atoms with E-state index in [2.05, 4.69) is 0 Å². The van der Waals surface area contributed by atoms with Gasteiger partial charge in [-0.2, -0.15) is 0 Å². The number of carbonyl (C=O) groups excluding carboxylic acids is 1. The lowest BCUT2D eigenvalue weighted by atomic mass is 10.0. The van der Waals surface area contributed by atoms with Crippen LogP contribution in [0.3, 0.4) is 0 Å². The van der Waals surface area contributed by atoms with E-state index >= 15 is 0 Å². The minimum atomic E-state index is -0.762. The highest BCUT2D eigenvalue weighted by molar-refractivity contribution is 5.84. The van der Waals surface area contributed by atoms with Crippen LogP contribution in [0.5, 0.6) is 11.5 Å². The molecule has 160 valence electrons. The maximum atomic E-state index is 13.0. The molecule has 4 aromatic rings. The maximum absolute atomic E-state index is 13.0. The number of para-hydroxylation sites is 2. The molecule has 0 aliphatic carbocycles. The minimum absolute atomic E-state index is 0.0389. The van der Waals surface area contributed by atoms with Crippen molar-refractivity contribution in [2.24, 2.45) is 0 Å². The van der Waals surface area contributed by atoms with Crippen molar-refractivity contribution in [1.82, 2.24) is 0 Å². The first kappa shape index (κ1) is 20.8. The van der Waals surface area contributed by atoms with Crippen molar-refractivity contribution in [1.29, 1.82) is 0 Å². The fourth-order valence-corrected chi connectivity index (χ4v) is 3.32. The van der Waals surface area contributed by atoms with Crippen LogP contribution in [0, 0.1) is 17.0 Å². The van der Waals surface area contributed by atoms with Gasteiger partial charge in [-0.3, -0.25) is 14.9 Å². The number of carbonyl (C=O) groups is 1. The van der Waals surface area contributed by atoms with Crippen LogP contribution in [0.4, 0.5) is 5.69 Å². The molecule has 0 saturated heterocycles. The summed E-state index contributed by atoms with van der Waals surface area (Å²) in [5.74, 6) is -0.203. The van der Waals surface area contributed by atoms with E-state index in [0.29, 0.717) is 16.7 Å². The Labute approximate surface area is 181 Å². The van der Waals surface area contributed by atoms with Crippen molar-refractivity contribution in [3.63, 3.8) is 0 Å². The molecular weight excluding hydrogens is 414 g/mol.